The van der Waals surface area contributed by atoms with E-state index in [9.17, 15) is 4.79 Å². The molecular weight excluding hydrogens is 413 g/mol. The molecule has 4 rings (SSSR count). The summed E-state index contributed by atoms with van der Waals surface area (Å²) in [4.78, 5) is 13.9. The van der Waals surface area contributed by atoms with Gasteiger partial charge in [-0.3, -0.25) is 10.2 Å². The van der Waals surface area contributed by atoms with Crippen LogP contribution in [0.4, 0.5) is 11.6 Å². The highest BCUT2D eigenvalue weighted by atomic mass is 35.5. The molecule has 1 amide bonds. The Bertz CT molecular complexity index is 1090. The van der Waals surface area contributed by atoms with E-state index in [-0.39, 0.29) is 21.7 Å². The number of furan rings is 1. The summed E-state index contributed by atoms with van der Waals surface area (Å²) in [6.45, 7) is 0. The van der Waals surface area contributed by atoms with Crippen LogP contribution in [-0.2, 0) is 4.79 Å². The standard InChI is InChI=1S/C16H9Cl2N5O3S/c17-8-3-7(4-9(18)5-8)11-2-1-10(25-11)6-12-15(24)23(16(20)27-12)14-13(19)21-26-22-14/h1-6,20H,(H2,19,21). The van der Waals surface area contributed by atoms with Crippen molar-refractivity contribution in [2.75, 3.05) is 10.6 Å². The Hall–Kier alpha value is -2.75. The zero-order valence-corrected chi connectivity index (χ0v) is 15.6. The van der Waals surface area contributed by atoms with Crippen molar-refractivity contribution < 1.29 is 13.8 Å². The molecule has 1 aromatic carbocycles. The second-order valence-electron chi connectivity index (χ2n) is 5.39. The molecule has 0 aliphatic carbocycles. The number of benzene rings is 1. The predicted octanol–water partition coefficient (Wildman–Crippen LogP) is 4.27. The number of nitrogen functional groups attached to an aromatic ring is 1. The van der Waals surface area contributed by atoms with Crippen LogP contribution in [0.15, 0.2) is 44.3 Å². The minimum Gasteiger partial charge on any atom is -0.457 e. The largest absolute Gasteiger partial charge is 0.457 e. The van der Waals surface area contributed by atoms with Crippen molar-refractivity contribution in [2.45, 2.75) is 0 Å². The van der Waals surface area contributed by atoms with Gasteiger partial charge >= 0.3 is 0 Å². The first kappa shape index (κ1) is 17.7. The number of thioether (sulfide) groups is 1. The first-order valence-electron chi connectivity index (χ1n) is 7.39. The Balaban J connectivity index is 1.63. The van der Waals surface area contributed by atoms with E-state index < -0.39 is 5.91 Å². The molecule has 0 radical (unpaired) electrons. The SMILES string of the molecule is N=C1SC(=Cc2ccc(-c3cc(Cl)cc(Cl)c3)o2)C(=O)N1c1nonc1N. The van der Waals surface area contributed by atoms with E-state index in [2.05, 4.69) is 14.9 Å². The van der Waals surface area contributed by atoms with Crippen molar-refractivity contribution in [2.24, 2.45) is 0 Å². The average molecular weight is 422 g/mol. The van der Waals surface area contributed by atoms with E-state index in [1.807, 2.05) is 0 Å². The van der Waals surface area contributed by atoms with Crippen LogP contribution in [0, 0.1) is 5.41 Å². The lowest BCUT2D eigenvalue weighted by Gasteiger charge is -2.08. The van der Waals surface area contributed by atoms with Gasteiger partial charge in [0.15, 0.2) is 5.17 Å². The number of carbonyl (C=O) groups excluding carboxylic acids is 1. The van der Waals surface area contributed by atoms with Crippen LogP contribution in [0.3, 0.4) is 0 Å². The third-order valence-electron chi connectivity index (χ3n) is 3.58. The number of aromatic nitrogens is 2. The molecule has 0 atom stereocenters. The molecule has 1 fully saturated rings. The number of amides is 1. The molecule has 27 heavy (non-hydrogen) atoms. The first-order valence-corrected chi connectivity index (χ1v) is 8.96. The summed E-state index contributed by atoms with van der Waals surface area (Å²) < 4.78 is 10.3. The molecule has 11 heteroatoms. The number of nitrogens with two attached hydrogens (primary N) is 1. The Labute approximate surface area is 166 Å². The van der Waals surface area contributed by atoms with Gasteiger partial charge in [0.1, 0.15) is 11.5 Å². The number of anilines is 2. The fourth-order valence-electron chi connectivity index (χ4n) is 2.44. The van der Waals surface area contributed by atoms with Crippen molar-refractivity contribution in [3.05, 3.63) is 51.0 Å². The second kappa shape index (κ2) is 6.76. The number of hydrogen-bond acceptors (Lipinski definition) is 8. The Morgan fingerprint density at radius 3 is 2.59 bits per heavy atom. The molecule has 0 spiro atoms. The summed E-state index contributed by atoms with van der Waals surface area (Å²) >= 11 is 13.0. The summed E-state index contributed by atoms with van der Waals surface area (Å²) in [5, 5.41) is 15.9. The summed E-state index contributed by atoms with van der Waals surface area (Å²) in [7, 11) is 0. The third kappa shape index (κ3) is 3.32. The Morgan fingerprint density at radius 2 is 1.93 bits per heavy atom. The van der Waals surface area contributed by atoms with Crippen molar-refractivity contribution >= 4 is 63.8 Å². The van der Waals surface area contributed by atoms with Gasteiger partial charge in [-0.05, 0) is 52.4 Å². The van der Waals surface area contributed by atoms with E-state index in [4.69, 9.17) is 38.8 Å². The van der Waals surface area contributed by atoms with E-state index >= 15 is 0 Å². The molecule has 3 N–H and O–H groups in total. The maximum absolute atomic E-state index is 12.6. The number of halogens is 2. The van der Waals surface area contributed by atoms with E-state index in [1.165, 1.54) is 6.08 Å². The molecule has 136 valence electrons. The van der Waals surface area contributed by atoms with Crippen molar-refractivity contribution in [1.82, 2.24) is 10.3 Å². The van der Waals surface area contributed by atoms with Gasteiger partial charge in [0.2, 0.25) is 11.6 Å². The van der Waals surface area contributed by atoms with Gasteiger partial charge in [0.05, 0.1) is 4.91 Å². The normalized spacial score (nSPS) is 15.9. The summed E-state index contributed by atoms with van der Waals surface area (Å²) in [6.07, 6.45) is 1.53. The maximum atomic E-state index is 12.6. The van der Waals surface area contributed by atoms with Gasteiger partial charge in [-0.2, -0.15) is 0 Å². The lowest BCUT2D eigenvalue weighted by molar-refractivity contribution is -0.113. The minimum absolute atomic E-state index is 0.0189. The fourth-order valence-corrected chi connectivity index (χ4v) is 3.79. The predicted molar refractivity (Wildman–Crippen MR) is 104 cm³/mol. The number of nitrogens with one attached hydrogen (secondary N) is 1. The first-order chi connectivity index (χ1) is 12.9. The molecule has 1 saturated heterocycles. The number of rotatable bonds is 3. The highest BCUT2D eigenvalue weighted by Crippen LogP contribution is 2.37. The number of hydrogen-bond donors (Lipinski definition) is 2. The van der Waals surface area contributed by atoms with Gasteiger partial charge in [0.25, 0.3) is 5.91 Å². The average Bonchev–Trinajstić information content (AvgIpc) is 3.29. The fraction of sp³-hybridized carbons (Fsp3) is 0. The highest BCUT2D eigenvalue weighted by molar-refractivity contribution is 8.19. The lowest BCUT2D eigenvalue weighted by Crippen LogP contribution is -2.29. The van der Waals surface area contributed by atoms with Gasteiger partial charge in [-0.15, -0.1) is 0 Å². The maximum Gasteiger partial charge on any atom is 0.272 e. The van der Waals surface area contributed by atoms with E-state index in [1.54, 1.807) is 30.3 Å². The van der Waals surface area contributed by atoms with Crippen LogP contribution < -0.4 is 10.6 Å². The number of carbonyl (C=O) groups is 1. The monoisotopic (exact) mass is 421 g/mol. The topological polar surface area (TPSA) is 122 Å². The summed E-state index contributed by atoms with van der Waals surface area (Å²) in [5.74, 6) is 0.398. The van der Waals surface area contributed by atoms with Crippen LogP contribution in [0.25, 0.3) is 17.4 Å². The molecule has 0 bridgehead atoms. The smallest absolute Gasteiger partial charge is 0.272 e. The van der Waals surface area contributed by atoms with Crippen LogP contribution in [0.1, 0.15) is 5.76 Å². The molecule has 1 aliphatic rings. The molecular formula is C16H9Cl2N5O3S. The summed E-state index contributed by atoms with van der Waals surface area (Å²) in [5.41, 5.74) is 6.32. The van der Waals surface area contributed by atoms with Crippen molar-refractivity contribution in [3.8, 4) is 11.3 Å². The zero-order valence-electron chi connectivity index (χ0n) is 13.3. The van der Waals surface area contributed by atoms with Gasteiger partial charge in [-0.25, -0.2) is 9.53 Å². The van der Waals surface area contributed by atoms with Crippen LogP contribution in [-0.4, -0.2) is 21.4 Å². The van der Waals surface area contributed by atoms with Crippen LogP contribution in [0.2, 0.25) is 10.0 Å². The van der Waals surface area contributed by atoms with Crippen molar-refractivity contribution in [1.29, 1.82) is 5.41 Å². The van der Waals surface area contributed by atoms with E-state index in [0.29, 0.717) is 27.1 Å². The number of nitrogens with zero attached hydrogens (tertiary/aromatic N) is 3. The number of amidine groups is 1. The quantitative estimate of drug-likeness (QED) is 0.604. The van der Waals surface area contributed by atoms with Crippen molar-refractivity contribution in [3.63, 3.8) is 0 Å². The van der Waals surface area contributed by atoms with Gasteiger partial charge in [-0.1, -0.05) is 23.2 Å². The Morgan fingerprint density at radius 1 is 1.19 bits per heavy atom. The highest BCUT2D eigenvalue weighted by Gasteiger charge is 2.37. The van der Waals surface area contributed by atoms with Gasteiger partial charge < -0.3 is 10.2 Å². The molecule has 0 unspecified atom stereocenters. The van der Waals surface area contributed by atoms with Crippen LogP contribution in [0.5, 0.6) is 0 Å². The third-order valence-corrected chi connectivity index (χ3v) is 4.90. The summed E-state index contributed by atoms with van der Waals surface area (Å²) in [6, 6.07) is 8.49. The van der Waals surface area contributed by atoms with Crippen LogP contribution >= 0.6 is 35.0 Å². The minimum atomic E-state index is -0.476. The molecule has 1 aliphatic heterocycles. The zero-order chi connectivity index (χ0) is 19.1. The molecule has 0 saturated carbocycles. The van der Waals surface area contributed by atoms with E-state index in [0.717, 1.165) is 16.7 Å². The molecule has 3 aromatic rings. The Kier molecular flexibility index (Phi) is 4.42. The molecule has 3 heterocycles. The lowest BCUT2D eigenvalue weighted by atomic mass is 10.2. The molecule has 2 aromatic heterocycles. The second-order valence-corrected chi connectivity index (χ2v) is 7.29. The van der Waals surface area contributed by atoms with Gasteiger partial charge in [0, 0.05) is 21.7 Å². The molecule has 8 nitrogen and oxygen atoms in total.